The van der Waals surface area contributed by atoms with Gasteiger partial charge in [-0.1, -0.05) is 12.1 Å². The highest BCUT2D eigenvalue weighted by Crippen LogP contribution is 2.30. The zero-order chi connectivity index (χ0) is 17.7. The quantitative estimate of drug-likeness (QED) is 0.621. The first-order valence-electron chi connectivity index (χ1n) is 7.70. The molecule has 0 aromatic heterocycles. The Kier molecular flexibility index (Phi) is 5.76. The zero-order valence-corrected chi connectivity index (χ0v) is 14.1. The van der Waals surface area contributed by atoms with E-state index in [0.29, 0.717) is 5.75 Å². The zero-order valence-electron chi connectivity index (χ0n) is 14.1. The van der Waals surface area contributed by atoms with Gasteiger partial charge in [-0.15, -0.1) is 0 Å². The summed E-state index contributed by atoms with van der Waals surface area (Å²) in [6.07, 6.45) is 0.738. The number of benzene rings is 2. The number of hydrogen-bond acceptors (Lipinski definition) is 5. The summed E-state index contributed by atoms with van der Waals surface area (Å²) in [4.78, 5) is 10.7. The molecule has 0 aliphatic rings. The minimum atomic E-state index is -0.438. The van der Waals surface area contributed by atoms with E-state index in [0.717, 1.165) is 23.1 Å². The summed E-state index contributed by atoms with van der Waals surface area (Å²) in [5.41, 5.74) is 8.51. The molecule has 0 radical (unpaired) electrons. The number of nitro benzene ring substituents is 1. The third-order valence-electron chi connectivity index (χ3n) is 3.60. The van der Waals surface area contributed by atoms with Crippen LogP contribution in [0.1, 0.15) is 23.6 Å². The Hall–Kier alpha value is -2.60. The fourth-order valence-corrected chi connectivity index (χ4v) is 2.49. The maximum Gasteiger partial charge on any atom is 0.311 e. The van der Waals surface area contributed by atoms with Gasteiger partial charge in [-0.05, 0) is 49.6 Å². The lowest BCUT2D eigenvalue weighted by molar-refractivity contribution is -0.386. The van der Waals surface area contributed by atoms with E-state index in [1.807, 2.05) is 25.1 Å². The van der Waals surface area contributed by atoms with Crippen molar-refractivity contribution in [2.45, 2.75) is 32.9 Å². The summed E-state index contributed by atoms with van der Waals surface area (Å²) in [5.74, 6) is 0.920. The summed E-state index contributed by atoms with van der Waals surface area (Å²) < 4.78 is 11.0. The Labute approximate surface area is 141 Å². The van der Waals surface area contributed by atoms with Crippen LogP contribution in [0.15, 0.2) is 36.4 Å². The topological polar surface area (TPSA) is 87.6 Å². The van der Waals surface area contributed by atoms with Gasteiger partial charge in [-0.3, -0.25) is 10.1 Å². The van der Waals surface area contributed by atoms with E-state index in [9.17, 15) is 10.1 Å². The second-order valence-electron chi connectivity index (χ2n) is 5.84. The molecule has 6 heteroatoms. The number of ether oxygens (including phenoxy) is 2. The Morgan fingerprint density at radius 3 is 2.54 bits per heavy atom. The lowest BCUT2D eigenvalue weighted by Gasteiger charge is -2.13. The lowest BCUT2D eigenvalue weighted by Crippen LogP contribution is -2.17. The van der Waals surface area contributed by atoms with Gasteiger partial charge in [0.15, 0.2) is 5.75 Å². The number of nitrogens with two attached hydrogens (primary N) is 1. The van der Waals surface area contributed by atoms with E-state index < -0.39 is 4.92 Å². The first-order chi connectivity index (χ1) is 11.4. The molecule has 0 saturated heterocycles. The van der Waals surface area contributed by atoms with E-state index >= 15 is 0 Å². The molecule has 0 fully saturated rings. The van der Waals surface area contributed by atoms with Gasteiger partial charge in [0.1, 0.15) is 12.4 Å². The van der Waals surface area contributed by atoms with Gasteiger partial charge < -0.3 is 15.2 Å². The third kappa shape index (κ3) is 4.45. The molecule has 128 valence electrons. The van der Waals surface area contributed by atoms with Gasteiger partial charge in [-0.25, -0.2) is 0 Å². The summed E-state index contributed by atoms with van der Waals surface area (Å²) in [6, 6.07) is 10.7. The second kappa shape index (κ2) is 7.79. The monoisotopic (exact) mass is 330 g/mol. The number of aryl methyl sites for hydroxylation is 1. The van der Waals surface area contributed by atoms with Crippen molar-refractivity contribution in [1.29, 1.82) is 0 Å². The number of hydrogen-bond donors (Lipinski definition) is 1. The van der Waals surface area contributed by atoms with Crippen molar-refractivity contribution in [3.63, 3.8) is 0 Å². The molecule has 2 aromatic rings. The van der Waals surface area contributed by atoms with Crippen LogP contribution in [0.2, 0.25) is 0 Å². The number of methoxy groups -OCH3 is 1. The van der Waals surface area contributed by atoms with Crippen LogP contribution in [-0.2, 0) is 13.0 Å². The minimum absolute atomic E-state index is 0.0410. The summed E-state index contributed by atoms with van der Waals surface area (Å²) in [6.45, 7) is 3.92. The molecule has 0 amide bonds. The van der Waals surface area contributed by atoms with Crippen molar-refractivity contribution in [2.75, 3.05) is 7.11 Å². The smallest absolute Gasteiger partial charge is 0.311 e. The predicted molar refractivity (Wildman–Crippen MR) is 92.5 cm³/mol. The van der Waals surface area contributed by atoms with Crippen LogP contribution >= 0.6 is 0 Å². The van der Waals surface area contributed by atoms with E-state index in [1.165, 1.54) is 6.07 Å². The van der Waals surface area contributed by atoms with Gasteiger partial charge in [0, 0.05) is 17.7 Å². The van der Waals surface area contributed by atoms with Crippen LogP contribution < -0.4 is 15.2 Å². The molecular formula is C18H22N2O4. The molecule has 0 saturated carbocycles. The highest BCUT2D eigenvalue weighted by atomic mass is 16.6. The Bertz CT molecular complexity index is 729. The molecule has 6 nitrogen and oxygen atoms in total. The normalized spacial score (nSPS) is 11.8. The number of rotatable bonds is 7. The highest BCUT2D eigenvalue weighted by molar-refractivity contribution is 5.48. The molecule has 1 atom stereocenters. The van der Waals surface area contributed by atoms with Crippen LogP contribution in [0.25, 0.3) is 0 Å². The first-order valence-corrected chi connectivity index (χ1v) is 7.70. The van der Waals surface area contributed by atoms with E-state index in [1.54, 1.807) is 26.2 Å². The molecule has 24 heavy (non-hydrogen) atoms. The van der Waals surface area contributed by atoms with Crippen molar-refractivity contribution < 1.29 is 14.4 Å². The molecule has 0 heterocycles. The third-order valence-corrected chi connectivity index (χ3v) is 3.60. The maximum atomic E-state index is 11.2. The molecule has 0 spiro atoms. The standard InChI is InChI=1S/C18H22N2O4/c1-12-4-6-18(16(8-12)20(21)22)24-11-15-10-14(9-13(2)19)5-7-17(15)23-3/h4-8,10,13H,9,11,19H2,1-3H3. The fraction of sp³-hybridized carbons (Fsp3) is 0.333. The summed E-state index contributed by atoms with van der Waals surface area (Å²) in [7, 11) is 1.58. The number of nitro groups is 1. The van der Waals surface area contributed by atoms with Gasteiger partial charge in [0.2, 0.25) is 0 Å². The molecule has 0 aliphatic heterocycles. The number of nitrogens with zero attached hydrogens (tertiary/aromatic N) is 1. The van der Waals surface area contributed by atoms with Crippen molar-refractivity contribution in [1.82, 2.24) is 0 Å². The van der Waals surface area contributed by atoms with Crippen LogP contribution in [0.3, 0.4) is 0 Å². The van der Waals surface area contributed by atoms with Crippen LogP contribution in [0, 0.1) is 17.0 Å². The van der Waals surface area contributed by atoms with Crippen molar-refractivity contribution in [3.05, 3.63) is 63.2 Å². The average Bonchev–Trinajstić information content (AvgIpc) is 2.53. The summed E-state index contributed by atoms with van der Waals surface area (Å²) >= 11 is 0. The molecule has 0 aliphatic carbocycles. The van der Waals surface area contributed by atoms with E-state index in [-0.39, 0.29) is 24.1 Å². The Morgan fingerprint density at radius 2 is 1.92 bits per heavy atom. The highest BCUT2D eigenvalue weighted by Gasteiger charge is 2.16. The van der Waals surface area contributed by atoms with Crippen LogP contribution in [0.5, 0.6) is 11.5 Å². The first kappa shape index (κ1) is 17.7. The molecule has 2 aromatic carbocycles. The second-order valence-corrected chi connectivity index (χ2v) is 5.84. The molecule has 0 bridgehead atoms. The molecule has 1 unspecified atom stereocenters. The molecule has 2 N–H and O–H groups in total. The van der Waals surface area contributed by atoms with Gasteiger partial charge >= 0.3 is 5.69 Å². The Morgan fingerprint density at radius 1 is 1.21 bits per heavy atom. The summed E-state index contributed by atoms with van der Waals surface area (Å²) in [5, 5.41) is 11.2. The van der Waals surface area contributed by atoms with E-state index in [4.69, 9.17) is 15.2 Å². The fourth-order valence-electron chi connectivity index (χ4n) is 2.49. The van der Waals surface area contributed by atoms with Gasteiger partial charge in [-0.2, -0.15) is 0 Å². The maximum absolute atomic E-state index is 11.2. The predicted octanol–water partition coefficient (Wildman–Crippen LogP) is 3.38. The molecule has 2 rings (SSSR count). The lowest BCUT2D eigenvalue weighted by atomic mass is 10.0. The van der Waals surface area contributed by atoms with Crippen molar-refractivity contribution in [2.24, 2.45) is 5.73 Å². The minimum Gasteiger partial charge on any atom is -0.496 e. The van der Waals surface area contributed by atoms with Crippen molar-refractivity contribution >= 4 is 5.69 Å². The molecular weight excluding hydrogens is 308 g/mol. The van der Waals surface area contributed by atoms with Gasteiger partial charge in [0.25, 0.3) is 0 Å². The average molecular weight is 330 g/mol. The van der Waals surface area contributed by atoms with Crippen LogP contribution in [0.4, 0.5) is 5.69 Å². The van der Waals surface area contributed by atoms with Gasteiger partial charge in [0.05, 0.1) is 12.0 Å². The van der Waals surface area contributed by atoms with Crippen molar-refractivity contribution in [3.8, 4) is 11.5 Å². The largest absolute Gasteiger partial charge is 0.496 e. The van der Waals surface area contributed by atoms with E-state index in [2.05, 4.69) is 0 Å². The van der Waals surface area contributed by atoms with Crippen LogP contribution in [-0.4, -0.2) is 18.1 Å². The SMILES string of the molecule is COc1ccc(CC(C)N)cc1COc1ccc(C)cc1[N+](=O)[O-]. The Balaban J connectivity index is 2.23.